The molecule has 38 valence electrons. The van der Waals surface area contributed by atoms with E-state index in [1.165, 1.54) is 0 Å². The van der Waals surface area contributed by atoms with Crippen LogP contribution in [-0.4, -0.2) is 0 Å². The molecule has 0 aromatic heterocycles. The van der Waals surface area contributed by atoms with Gasteiger partial charge in [0.25, 0.3) is 0 Å². The van der Waals surface area contributed by atoms with Crippen molar-refractivity contribution in [3.05, 3.63) is 0 Å². The smallest absolute Gasteiger partial charge is 0 e. The molecule has 0 bridgehead atoms. The van der Waals surface area contributed by atoms with E-state index in [0.29, 0.717) is 0 Å². The maximum absolute atomic E-state index is 0. The average Bonchev–Trinajstić information content (AvgIpc) is 0. The Labute approximate surface area is 70.4 Å². The average molecular weight is 326 g/mol. The normalized spacial score (nSPS) is 0. The molecule has 0 saturated heterocycles. The molecule has 0 aliphatic carbocycles. The first-order valence-electron chi connectivity index (χ1n) is 0. The summed E-state index contributed by atoms with van der Waals surface area (Å²) in [5.41, 5.74) is 0. The van der Waals surface area contributed by atoms with Crippen molar-refractivity contribution in [2.45, 2.75) is 0 Å². The second-order valence-corrected chi connectivity index (χ2v) is 0. The van der Waals surface area contributed by atoms with Crippen LogP contribution in [0.1, 0.15) is 0 Å². The first-order valence-corrected chi connectivity index (χ1v) is 0. The number of hydrogen-bond acceptors (Lipinski definition) is 0. The molecule has 0 aromatic rings. The molecule has 5 heavy (non-hydrogen) atoms. The standard InChI is InChI=1S/4ClH.W/h4*1H;/p-4. The molecule has 0 N–H and O–H groups in total. The van der Waals surface area contributed by atoms with E-state index in [-0.39, 0.29) is 70.7 Å². The van der Waals surface area contributed by atoms with Gasteiger partial charge in [-0.2, -0.15) is 0 Å². The van der Waals surface area contributed by atoms with Crippen LogP contribution < -0.4 is 49.6 Å². The Kier molecular flexibility index (Phi) is 552. The van der Waals surface area contributed by atoms with Gasteiger partial charge in [0.1, 0.15) is 0 Å². The van der Waals surface area contributed by atoms with Crippen molar-refractivity contribution in [3.63, 3.8) is 0 Å². The summed E-state index contributed by atoms with van der Waals surface area (Å²) < 4.78 is 0. The molecular formula is Cl4W-4. The van der Waals surface area contributed by atoms with Gasteiger partial charge >= 0.3 is 0 Å². The molecule has 5 heteroatoms. The van der Waals surface area contributed by atoms with Gasteiger partial charge in [-0.25, -0.2) is 0 Å². The van der Waals surface area contributed by atoms with E-state index in [2.05, 4.69) is 0 Å². The van der Waals surface area contributed by atoms with Crippen molar-refractivity contribution in [3.8, 4) is 0 Å². The molecule has 0 amide bonds. The summed E-state index contributed by atoms with van der Waals surface area (Å²) in [6.07, 6.45) is 0. The minimum absolute atomic E-state index is 0. The van der Waals surface area contributed by atoms with Gasteiger partial charge in [-0.15, -0.1) is 0 Å². The summed E-state index contributed by atoms with van der Waals surface area (Å²) in [4.78, 5) is 0. The fourth-order valence-corrected chi connectivity index (χ4v) is 0. The van der Waals surface area contributed by atoms with Gasteiger partial charge in [0.2, 0.25) is 0 Å². The van der Waals surface area contributed by atoms with Crippen LogP contribution in [0.5, 0.6) is 0 Å². The summed E-state index contributed by atoms with van der Waals surface area (Å²) in [7, 11) is 0. The predicted molar refractivity (Wildman–Crippen MR) is 0 cm³/mol. The number of halogens is 4. The fourth-order valence-electron chi connectivity index (χ4n) is 0. The van der Waals surface area contributed by atoms with Gasteiger partial charge in [-0.3, -0.25) is 0 Å². The summed E-state index contributed by atoms with van der Waals surface area (Å²) in [5, 5.41) is 0. The third-order valence-electron chi connectivity index (χ3n) is 0. The van der Waals surface area contributed by atoms with Gasteiger partial charge in [0, 0.05) is 21.1 Å². The maximum atomic E-state index is 0. The zero-order valence-electron chi connectivity index (χ0n) is 1.92. The summed E-state index contributed by atoms with van der Waals surface area (Å²) in [6, 6.07) is 0. The Morgan fingerprint density at radius 1 is 0.400 bits per heavy atom. The third-order valence-corrected chi connectivity index (χ3v) is 0. The zero-order valence-corrected chi connectivity index (χ0v) is 7.88. The van der Waals surface area contributed by atoms with Crippen molar-refractivity contribution in [2.24, 2.45) is 0 Å². The van der Waals surface area contributed by atoms with E-state index in [0.717, 1.165) is 0 Å². The van der Waals surface area contributed by atoms with E-state index >= 15 is 0 Å². The van der Waals surface area contributed by atoms with E-state index in [4.69, 9.17) is 0 Å². The Morgan fingerprint density at radius 2 is 0.400 bits per heavy atom. The van der Waals surface area contributed by atoms with Crippen molar-refractivity contribution in [1.29, 1.82) is 0 Å². The van der Waals surface area contributed by atoms with Crippen LogP contribution in [0.15, 0.2) is 0 Å². The molecule has 0 aromatic carbocycles. The largest absolute Gasteiger partial charge is 1.00 e. The number of rotatable bonds is 0. The quantitative estimate of drug-likeness (QED) is 0.415. The number of hydrogen-bond donors (Lipinski definition) is 0. The molecular weight excluding hydrogens is 326 g/mol. The molecule has 0 fully saturated rings. The molecule has 0 aliphatic rings. The molecule has 0 nitrogen and oxygen atoms in total. The molecule has 0 spiro atoms. The first-order chi connectivity index (χ1) is 0. The van der Waals surface area contributed by atoms with E-state index < -0.39 is 0 Å². The van der Waals surface area contributed by atoms with E-state index in [1.54, 1.807) is 0 Å². The Balaban J connectivity index is 0. The SMILES string of the molecule is [Cl-].[Cl-].[Cl-].[Cl-].[W]. The van der Waals surface area contributed by atoms with E-state index in [9.17, 15) is 0 Å². The van der Waals surface area contributed by atoms with Crippen LogP contribution in [0.4, 0.5) is 0 Å². The predicted octanol–water partition coefficient (Wildman–Crippen LogP) is -12.0. The second kappa shape index (κ2) is 40.2. The molecule has 0 atom stereocenters. The molecule has 0 rings (SSSR count). The molecule has 0 saturated carbocycles. The van der Waals surface area contributed by atoms with E-state index in [1.807, 2.05) is 0 Å². The summed E-state index contributed by atoms with van der Waals surface area (Å²) in [6.45, 7) is 0. The topological polar surface area (TPSA) is 0 Å². The van der Waals surface area contributed by atoms with Gasteiger partial charge in [-0.05, 0) is 0 Å². The van der Waals surface area contributed by atoms with Crippen molar-refractivity contribution >= 4 is 0 Å². The minimum Gasteiger partial charge on any atom is -1.00 e. The molecule has 0 unspecified atom stereocenters. The van der Waals surface area contributed by atoms with Crippen molar-refractivity contribution in [1.82, 2.24) is 0 Å². The molecule has 0 heterocycles. The Hall–Kier alpha value is 1.85. The van der Waals surface area contributed by atoms with Crippen LogP contribution in [0.2, 0.25) is 0 Å². The van der Waals surface area contributed by atoms with Gasteiger partial charge in [0.05, 0.1) is 0 Å². The van der Waals surface area contributed by atoms with Crippen molar-refractivity contribution < 1.29 is 70.7 Å². The monoisotopic (exact) mass is 324 g/mol. The van der Waals surface area contributed by atoms with Crippen LogP contribution >= 0.6 is 0 Å². The summed E-state index contributed by atoms with van der Waals surface area (Å²) >= 11 is 0. The Morgan fingerprint density at radius 3 is 0.400 bits per heavy atom. The van der Waals surface area contributed by atoms with Gasteiger partial charge in [0.15, 0.2) is 0 Å². The van der Waals surface area contributed by atoms with Crippen LogP contribution in [0.3, 0.4) is 0 Å². The van der Waals surface area contributed by atoms with Crippen molar-refractivity contribution in [2.75, 3.05) is 0 Å². The van der Waals surface area contributed by atoms with Crippen LogP contribution in [0, 0.1) is 0 Å². The Bertz CT molecular complexity index is 3.61. The maximum Gasteiger partial charge on any atom is 0 e. The molecule has 0 aliphatic heterocycles. The zero-order chi connectivity index (χ0) is 0. The van der Waals surface area contributed by atoms with Crippen LogP contribution in [0.25, 0.3) is 0 Å². The minimum atomic E-state index is 0. The molecule has 0 radical (unpaired) electrons. The van der Waals surface area contributed by atoms with Crippen LogP contribution in [-0.2, 0) is 21.1 Å². The van der Waals surface area contributed by atoms with Gasteiger partial charge < -0.3 is 49.6 Å². The second-order valence-electron chi connectivity index (χ2n) is 0. The fraction of sp³-hybridized carbons (Fsp3) is 0. The van der Waals surface area contributed by atoms with Gasteiger partial charge in [-0.1, -0.05) is 0 Å². The first kappa shape index (κ1) is 68.6. The third kappa shape index (κ3) is 25.4. The summed E-state index contributed by atoms with van der Waals surface area (Å²) in [5.74, 6) is 0.